The minimum Gasteiger partial charge on any atom is -0.503 e. The number of Topliss-reactive ketones (excluding diaryl/α,β-unsaturated/α-hetero) is 1. The van der Waals surface area contributed by atoms with Gasteiger partial charge in [0.2, 0.25) is 5.78 Å². The molecule has 0 saturated heterocycles. The minimum absolute atomic E-state index is 0.0545. The zero-order chi connectivity index (χ0) is 21.6. The van der Waals surface area contributed by atoms with Crippen LogP contribution in [0, 0.1) is 27.7 Å². The van der Waals surface area contributed by atoms with Crippen LogP contribution in [0.1, 0.15) is 43.1 Å². The van der Waals surface area contributed by atoms with Crippen LogP contribution in [0.2, 0.25) is 0 Å². The highest BCUT2D eigenvalue weighted by Crippen LogP contribution is 2.42. The maximum absolute atomic E-state index is 13.5. The summed E-state index contributed by atoms with van der Waals surface area (Å²) in [6.07, 6.45) is 3.24. The molecule has 1 unspecified atom stereocenters. The van der Waals surface area contributed by atoms with Crippen LogP contribution in [-0.2, 0) is 4.79 Å². The number of rotatable bonds is 4. The lowest BCUT2D eigenvalue weighted by Gasteiger charge is -2.27. The number of amides is 1. The van der Waals surface area contributed by atoms with Gasteiger partial charge in [-0.15, -0.1) is 11.3 Å². The van der Waals surface area contributed by atoms with Gasteiger partial charge in [-0.1, -0.05) is 12.1 Å². The number of carbonyl (C=O) groups excluding carboxylic acids is 2. The van der Waals surface area contributed by atoms with Crippen molar-refractivity contribution in [1.29, 1.82) is 0 Å². The smallest absolute Gasteiger partial charge is 0.294 e. The van der Waals surface area contributed by atoms with Gasteiger partial charge in [-0.3, -0.25) is 19.5 Å². The van der Waals surface area contributed by atoms with E-state index in [1.807, 2.05) is 39.0 Å². The van der Waals surface area contributed by atoms with E-state index in [9.17, 15) is 14.7 Å². The predicted octanol–water partition coefficient (Wildman–Crippen LogP) is 4.55. The van der Waals surface area contributed by atoms with Gasteiger partial charge in [0.25, 0.3) is 5.91 Å². The highest BCUT2D eigenvalue weighted by atomic mass is 32.1. The number of pyridine rings is 1. The molecule has 2 aromatic heterocycles. The van der Waals surface area contributed by atoms with Crippen LogP contribution in [0.5, 0.6) is 0 Å². The SMILES string of the molecule is Cc1cc(C)cc(N2C(=O)C(O)=C(C(=O)c3sc(C)nc3C)C2c2cccnc2)c1. The zero-order valence-electron chi connectivity index (χ0n) is 17.1. The lowest BCUT2D eigenvalue weighted by atomic mass is 9.95. The first-order valence-corrected chi connectivity index (χ1v) is 10.3. The Bertz CT molecular complexity index is 1180. The Morgan fingerprint density at radius 3 is 2.40 bits per heavy atom. The fourth-order valence-corrected chi connectivity index (χ4v) is 4.78. The fraction of sp³-hybridized carbons (Fsp3) is 0.217. The van der Waals surface area contributed by atoms with Gasteiger partial charge in [-0.05, 0) is 62.6 Å². The number of aromatic nitrogens is 2. The van der Waals surface area contributed by atoms with E-state index in [1.165, 1.54) is 16.2 Å². The van der Waals surface area contributed by atoms with Crippen molar-refractivity contribution in [2.45, 2.75) is 33.7 Å². The number of hydrogen-bond acceptors (Lipinski definition) is 6. The minimum atomic E-state index is -0.776. The van der Waals surface area contributed by atoms with Gasteiger partial charge in [0.1, 0.15) is 0 Å². The Hall–Kier alpha value is -3.32. The van der Waals surface area contributed by atoms with E-state index in [4.69, 9.17) is 0 Å². The zero-order valence-corrected chi connectivity index (χ0v) is 17.9. The molecular formula is C23H21N3O3S. The molecule has 152 valence electrons. The molecule has 1 N–H and O–H groups in total. The highest BCUT2D eigenvalue weighted by molar-refractivity contribution is 7.14. The standard InChI is InChI=1S/C23H21N3O3S/c1-12-8-13(2)10-17(9-12)26-19(16-6-5-7-24-11-16)18(21(28)23(26)29)20(27)22-14(3)25-15(4)30-22/h5-11,19,28H,1-4H3. The quantitative estimate of drug-likeness (QED) is 0.627. The van der Waals surface area contributed by atoms with Crippen LogP contribution in [0.4, 0.5) is 5.69 Å². The van der Waals surface area contributed by atoms with E-state index in [0.717, 1.165) is 16.1 Å². The van der Waals surface area contributed by atoms with Crippen molar-refractivity contribution in [3.63, 3.8) is 0 Å². The average molecular weight is 420 g/mol. The number of carbonyl (C=O) groups is 2. The summed E-state index contributed by atoms with van der Waals surface area (Å²) in [5.41, 5.74) is 3.88. The van der Waals surface area contributed by atoms with Crippen LogP contribution in [0.15, 0.2) is 54.1 Å². The molecule has 1 aliphatic rings. The van der Waals surface area contributed by atoms with Gasteiger partial charge in [0.05, 0.1) is 27.2 Å². The number of aliphatic hydroxyl groups is 1. The van der Waals surface area contributed by atoms with Gasteiger partial charge in [0.15, 0.2) is 5.76 Å². The van der Waals surface area contributed by atoms with Crippen LogP contribution < -0.4 is 4.90 Å². The van der Waals surface area contributed by atoms with Gasteiger partial charge in [-0.2, -0.15) is 0 Å². The first-order valence-electron chi connectivity index (χ1n) is 9.51. The summed E-state index contributed by atoms with van der Waals surface area (Å²) in [5.74, 6) is -1.51. The number of benzene rings is 1. The Balaban J connectivity index is 1.91. The molecule has 3 heterocycles. The van der Waals surface area contributed by atoms with Gasteiger partial charge >= 0.3 is 0 Å². The summed E-state index contributed by atoms with van der Waals surface area (Å²) in [6, 6.07) is 8.53. The molecule has 0 spiro atoms. The first-order chi connectivity index (χ1) is 14.3. The van der Waals surface area contributed by atoms with Crippen molar-refractivity contribution in [2.75, 3.05) is 4.90 Å². The van der Waals surface area contributed by atoms with E-state index in [-0.39, 0.29) is 11.4 Å². The molecule has 0 radical (unpaired) electrons. The maximum Gasteiger partial charge on any atom is 0.294 e. The number of anilines is 1. The monoisotopic (exact) mass is 419 g/mol. The normalized spacial score (nSPS) is 16.5. The highest BCUT2D eigenvalue weighted by Gasteiger charge is 2.45. The van der Waals surface area contributed by atoms with Crippen molar-refractivity contribution in [3.8, 4) is 0 Å². The molecule has 7 heteroatoms. The van der Waals surface area contributed by atoms with Crippen molar-refractivity contribution in [2.24, 2.45) is 0 Å². The molecule has 1 amide bonds. The Labute approximate surface area is 178 Å². The summed E-state index contributed by atoms with van der Waals surface area (Å²) in [7, 11) is 0. The molecule has 30 heavy (non-hydrogen) atoms. The summed E-state index contributed by atoms with van der Waals surface area (Å²) in [6.45, 7) is 7.46. The third-order valence-electron chi connectivity index (χ3n) is 5.05. The summed E-state index contributed by atoms with van der Waals surface area (Å²) in [5, 5.41) is 11.6. The van der Waals surface area contributed by atoms with Gasteiger partial charge in [0, 0.05) is 18.1 Å². The summed E-state index contributed by atoms with van der Waals surface area (Å²) >= 11 is 1.26. The Morgan fingerprint density at radius 1 is 1.13 bits per heavy atom. The first kappa shape index (κ1) is 20.0. The molecule has 6 nitrogen and oxygen atoms in total. The van der Waals surface area contributed by atoms with Crippen LogP contribution in [0.3, 0.4) is 0 Å². The molecular weight excluding hydrogens is 398 g/mol. The lowest BCUT2D eigenvalue weighted by molar-refractivity contribution is -0.117. The molecule has 0 aliphatic carbocycles. The van der Waals surface area contributed by atoms with E-state index >= 15 is 0 Å². The number of ketones is 1. The topological polar surface area (TPSA) is 83.4 Å². The van der Waals surface area contributed by atoms with E-state index in [1.54, 1.807) is 31.5 Å². The van der Waals surface area contributed by atoms with E-state index in [2.05, 4.69) is 9.97 Å². The average Bonchev–Trinajstić information content (AvgIpc) is 3.17. The number of aryl methyl sites for hydroxylation is 4. The fourth-order valence-electron chi connectivity index (χ4n) is 3.91. The molecule has 0 saturated carbocycles. The van der Waals surface area contributed by atoms with Crippen molar-refractivity contribution < 1.29 is 14.7 Å². The lowest BCUT2D eigenvalue weighted by Crippen LogP contribution is -2.31. The van der Waals surface area contributed by atoms with E-state index < -0.39 is 17.7 Å². The predicted molar refractivity (Wildman–Crippen MR) is 116 cm³/mol. The number of aliphatic hydroxyl groups excluding tert-OH is 1. The van der Waals surface area contributed by atoms with Gasteiger partial charge in [-0.25, -0.2) is 4.98 Å². The third kappa shape index (κ3) is 3.31. The van der Waals surface area contributed by atoms with Crippen molar-refractivity contribution in [3.05, 3.63) is 86.3 Å². The molecule has 0 fully saturated rings. The number of thiazole rings is 1. The molecule has 4 rings (SSSR count). The Kier molecular flexibility index (Phi) is 4.99. The maximum atomic E-state index is 13.5. The largest absolute Gasteiger partial charge is 0.503 e. The molecule has 1 atom stereocenters. The summed E-state index contributed by atoms with van der Waals surface area (Å²) < 4.78 is 0. The van der Waals surface area contributed by atoms with Crippen molar-refractivity contribution in [1.82, 2.24) is 9.97 Å². The number of hydrogen-bond donors (Lipinski definition) is 1. The molecule has 3 aromatic rings. The molecule has 0 bridgehead atoms. The summed E-state index contributed by atoms with van der Waals surface area (Å²) in [4.78, 5) is 37.1. The van der Waals surface area contributed by atoms with Crippen molar-refractivity contribution >= 4 is 28.7 Å². The molecule has 1 aromatic carbocycles. The van der Waals surface area contributed by atoms with Crippen LogP contribution in [-0.4, -0.2) is 26.8 Å². The third-order valence-corrected chi connectivity index (χ3v) is 6.12. The van der Waals surface area contributed by atoms with Crippen LogP contribution >= 0.6 is 11.3 Å². The second-order valence-electron chi connectivity index (χ2n) is 7.45. The second kappa shape index (κ2) is 7.50. The Morgan fingerprint density at radius 2 is 1.83 bits per heavy atom. The van der Waals surface area contributed by atoms with E-state index in [0.29, 0.717) is 21.8 Å². The van der Waals surface area contributed by atoms with Gasteiger partial charge < -0.3 is 5.11 Å². The number of nitrogens with zero attached hydrogens (tertiary/aromatic N) is 3. The second-order valence-corrected chi connectivity index (χ2v) is 8.65. The van der Waals surface area contributed by atoms with Crippen LogP contribution in [0.25, 0.3) is 0 Å². The molecule has 1 aliphatic heterocycles.